The van der Waals surface area contributed by atoms with Crippen molar-refractivity contribution < 1.29 is 21.6 Å². The Labute approximate surface area is 137 Å². The van der Waals surface area contributed by atoms with Crippen LogP contribution in [0.2, 0.25) is 0 Å². The third-order valence-corrected chi connectivity index (χ3v) is 4.92. The molecule has 0 heterocycles. The Morgan fingerprint density at radius 1 is 1.04 bits per heavy atom. The van der Waals surface area contributed by atoms with Crippen molar-refractivity contribution in [2.75, 3.05) is 0 Å². The van der Waals surface area contributed by atoms with Crippen LogP contribution in [0.4, 0.5) is 13.2 Å². The second kappa shape index (κ2) is 6.63. The van der Waals surface area contributed by atoms with Gasteiger partial charge in [-0.1, -0.05) is 12.1 Å². The number of benzene rings is 2. The molecule has 1 atom stereocenters. The molecule has 0 bridgehead atoms. The molecule has 0 saturated heterocycles. The first-order chi connectivity index (χ1) is 11.1. The van der Waals surface area contributed by atoms with Gasteiger partial charge in [0.2, 0.25) is 10.0 Å². The van der Waals surface area contributed by atoms with Gasteiger partial charge in [-0.3, -0.25) is 0 Å². The van der Waals surface area contributed by atoms with Crippen LogP contribution in [0.5, 0.6) is 0 Å². The number of sulfonamides is 1. The molecule has 0 amide bonds. The van der Waals surface area contributed by atoms with Gasteiger partial charge in [-0.15, -0.1) is 0 Å². The second-order valence-corrected chi connectivity index (χ2v) is 6.81. The predicted octanol–water partition coefficient (Wildman–Crippen LogP) is 3.62. The van der Waals surface area contributed by atoms with Crippen molar-refractivity contribution in [3.05, 3.63) is 65.2 Å². The van der Waals surface area contributed by atoms with Crippen molar-refractivity contribution in [2.24, 2.45) is 0 Å². The molecule has 4 nitrogen and oxygen atoms in total. The van der Waals surface area contributed by atoms with Crippen LogP contribution in [-0.4, -0.2) is 8.42 Å². The molecule has 126 valence electrons. The van der Waals surface area contributed by atoms with E-state index in [4.69, 9.17) is 5.26 Å². The van der Waals surface area contributed by atoms with Gasteiger partial charge in [0.1, 0.15) is 0 Å². The third kappa shape index (κ3) is 4.13. The maximum atomic E-state index is 12.5. The molecule has 0 aliphatic carbocycles. The highest BCUT2D eigenvalue weighted by Crippen LogP contribution is 2.30. The molecule has 2 rings (SSSR count). The summed E-state index contributed by atoms with van der Waals surface area (Å²) in [6, 6.07) is 10.8. The number of hydrogen-bond donors (Lipinski definition) is 1. The molecule has 1 unspecified atom stereocenters. The molecular weight excluding hydrogens is 341 g/mol. The summed E-state index contributed by atoms with van der Waals surface area (Å²) in [5.41, 5.74) is -0.0710. The highest BCUT2D eigenvalue weighted by molar-refractivity contribution is 7.89. The number of hydrogen-bond acceptors (Lipinski definition) is 3. The summed E-state index contributed by atoms with van der Waals surface area (Å²) in [4.78, 5) is -0.0275. The Morgan fingerprint density at radius 3 is 2.04 bits per heavy atom. The van der Waals surface area contributed by atoms with Crippen LogP contribution in [0, 0.1) is 11.3 Å². The molecule has 0 saturated carbocycles. The number of rotatable bonds is 4. The smallest absolute Gasteiger partial charge is 0.207 e. The lowest BCUT2D eigenvalue weighted by Gasteiger charge is -2.15. The number of nitriles is 1. The monoisotopic (exact) mass is 354 g/mol. The fourth-order valence-electron chi connectivity index (χ4n) is 2.04. The normalized spacial score (nSPS) is 13.3. The zero-order valence-corrected chi connectivity index (χ0v) is 13.3. The van der Waals surface area contributed by atoms with E-state index in [1.54, 1.807) is 0 Å². The van der Waals surface area contributed by atoms with Crippen molar-refractivity contribution >= 4 is 10.0 Å². The van der Waals surface area contributed by atoms with Gasteiger partial charge in [0.15, 0.2) is 0 Å². The summed E-state index contributed by atoms with van der Waals surface area (Å²) in [5.74, 6) is 0. The van der Waals surface area contributed by atoms with Crippen LogP contribution in [0.25, 0.3) is 0 Å². The Kier molecular flexibility index (Phi) is 4.96. The fourth-order valence-corrected chi connectivity index (χ4v) is 3.27. The van der Waals surface area contributed by atoms with E-state index in [0.717, 1.165) is 12.1 Å². The standard InChI is InChI=1S/C16H13F3N2O2S/c1-11(13-4-6-14(7-5-13)16(17,18)19)21-24(22,23)15-8-2-12(10-20)3-9-15/h2-9,11,21H,1H3. The quantitative estimate of drug-likeness (QED) is 0.912. The molecule has 0 aliphatic heterocycles. The number of halogens is 3. The van der Waals surface area contributed by atoms with Crippen molar-refractivity contribution in [1.82, 2.24) is 4.72 Å². The minimum Gasteiger partial charge on any atom is -0.207 e. The Morgan fingerprint density at radius 2 is 1.58 bits per heavy atom. The van der Waals surface area contributed by atoms with Gasteiger partial charge in [0.05, 0.1) is 22.1 Å². The summed E-state index contributed by atoms with van der Waals surface area (Å²) in [7, 11) is -3.85. The number of nitrogens with zero attached hydrogens (tertiary/aromatic N) is 1. The molecule has 0 aliphatic rings. The largest absolute Gasteiger partial charge is 0.416 e. The number of alkyl halides is 3. The highest BCUT2D eigenvalue weighted by Gasteiger charge is 2.30. The van der Waals surface area contributed by atoms with E-state index in [0.29, 0.717) is 11.1 Å². The summed E-state index contributed by atoms with van der Waals surface area (Å²) in [6.45, 7) is 1.53. The molecule has 0 radical (unpaired) electrons. The average molecular weight is 354 g/mol. The van der Waals surface area contributed by atoms with E-state index in [2.05, 4.69) is 4.72 Å². The summed E-state index contributed by atoms with van der Waals surface area (Å²) in [5, 5.41) is 8.71. The van der Waals surface area contributed by atoms with Crippen LogP contribution in [0.1, 0.15) is 29.7 Å². The summed E-state index contributed by atoms with van der Waals surface area (Å²) in [6.07, 6.45) is -4.44. The maximum Gasteiger partial charge on any atom is 0.416 e. The lowest BCUT2D eigenvalue weighted by atomic mass is 10.1. The van der Waals surface area contributed by atoms with Crippen LogP contribution in [0.3, 0.4) is 0 Å². The predicted molar refractivity (Wildman–Crippen MR) is 81.3 cm³/mol. The van der Waals surface area contributed by atoms with Crippen LogP contribution in [-0.2, 0) is 16.2 Å². The van der Waals surface area contributed by atoms with Crippen molar-refractivity contribution in [3.63, 3.8) is 0 Å². The van der Waals surface area contributed by atoms with Crippen LogP contribution < -0.4 is 4.72 Å². The zero-order valence-electron chi connectivity index (χ0n) is 12.5. The lowest BCUT2D eigenvalue weighted by Crippen LogP contribution is -2.27. The van der Waals surface area contributed by atoms with E-state index in [1.165, 1.54) is 43.3 Å². The molecule has 2 aromatic rings. The van der Waals surface area contributed by atoms with Gasteiger partial charge in [0, 0.05) is 6.04 Å². The fraction of sp³-hybridized carbons (Fsp3) is 0.188. The maximum absolute atomic E-state index is 12.5. The van der Waals surface area contributed by atoms with Gasteiger partial charge < -0.3 is 0 Å². The Bertz CT molecular complexity index is 852. The lowest BCUT2D eigenvalue weighted by molar-refractivity contribution is -0.137. The molecule has 8 heteroatoms. The van der Waals surface area contributed by atoms with Gasteiger partial charge in [-0.25, -0.2) is 13.1 Å². The van der Waals surface area contributed by atoms with E-state index >= 15 is 0 Å². The Hall–Kier alpha value is -2.37. The van der Waals surface area contributed by atoms with Crippen molar-refractivity contribution in [1.29, 1.82) is 5.26 Å². The second-order valence-electron chi connectivity index (χ2n) is 5.10. The molecule has 1 N–H and O–H groups in total. The first-order valence-electron chi connectivity index (χ1n) is 6.83. The minimum absolute atomic E-state index is 0.0275. The molecule has 0 aromatic heterocycles. The topological polar surface area (TPSA) is 70.0 Å². The van der Waals surface area contributed by atoms with Crippen molar-refractivity contribution in [3.8, 4) is 6.07 Å². The van der Waals surface area contributed by atoms with Crippen LogP contribution >= 0.6 is 0 Å². The van der Waals surface area contributed by atoms with Crippen molar-refractivity contribution in [2.45, 2.75) is 24.0 Å². The van der Waals surface area contributed by atoms with E-state index in [-0.39, 0.29) is 4.90 Å². The molecule has 24 heavy (non-hydrogen) atoms. The summed E-state index contributed by atoms with van der Waals surface area (Å²) < 4.78 is 64.5. The molecule has 2 aromatic carbocycles. The van der Waals surface area contributed by atoms with E-state index < -0.39 is 27.8 Å². The molecule has 0 spiro atoms. The minimum atomic E-state index is -4.44. The van der Waals surface area contributed by atoms with Gasteiger partial charge in [-0.2, -0.15) is 18.4 Å². The van der Waals surface area contributed by atoms with E-state index in [1.807, 2.05) is 6.07 Å². The highest BCUT2D eigenvalue weighted by atomic mass is 32.2. The average Bonchev–Trinajstić information content (AvgIpc) is 2.54. The van der Waals surface area contributed by atoms with Crippen LogP contribution in [0.15, 0.2) is 53.4 Å². The molecular formula is C16H13F3N2O2S. The first-order valence-corrected chi connectivity index (χ1v) is 8.31. The SMILES string of the molecule is CC(NS(=O)(=O)c1ccc(C#N)cc1)c1ccc(C(F)(F)F)cc1. The Balaban J connectivity index is 2.18. The number of nitrogens with one attached hydrogen (secondary N) is 1. The van der Waals surface area contributed by atoms with Gasteiger partial charge in [-0.05, 0) is 48.9 Å². The molecule has 0 fully saturated rings. The summed E-state index contributed by atoms with van der Waals surface area (Å²) >= 11 is 0. The van der Waals surface area contributed by atoms with Gasteiger partial charge >= 0.3 is 6.18 Å². The third-order valence-electron chi connectivity index (χ3n) is 3.36. The van der Waals surface area contributed by atoms with E-state index in [9.17, 15) is 21.6 Å². The zero-order chi connectivity index (χ0) is 18.0. The van der Waals surface area contributed by atoms with Gasteiger partial charge in [0.25, 0.3) is 0 Å². The first kappa shape index (κ1) is 18.0.